The van der Waals surface area contributed by atoms with E-state index in [4.69, 9.17) is 27.9 Å². The molecule has 13 heteroatoms. The van der Waals surface area contributed by atoms with Crippen LogP contribution in [-0.2, 0) is 28.7 Å². The maximum atomic E-state index is 13.8. The molecule has 2 aliphatic rings. The Morgan fingerprint density at radius 3 is 2.41 bits per heavy atom. The first-order valence-electron chi connectivity index (χ1n) is 13.4. The van der Waals surface area contributed by atoms with Crippen LogP contribution >= 0.6 is 23.2 Å². The molecule has 3 amide bonds. The van der Waals surface area contributed by atoms with E-state index in [0.717, 1.165) is 6.07 Å². The van der Waals surface area contributed by atoms with E-state index in [1.807, 2.05) is 11.8 Å². The van der Waals surface area contributed by atoms with E-state index in [2.05, 4.69) is 10.6 Å². The van der Waals surface area contributed by atoms with Gasteiger partial charge in [-0.2, -0.15) is 13.2 Å². The lowest BCUT2D eigenvalue weighted by Gasteiger charge is -2.39. The van der Waals surface area contributed by atoms with E-state index in [-0.39, 0.29) is 30.9 Å². The van der Waals surface area contributed by atoms with Gasteiger partial charge < -0.3 is 30.1 Å². The molecule has 0 bridgehead atoms. The van der Waals surface area contributed by atoms with Crippen LogP contribution in [0.15, 0.2) is 36.4 Å². The summed E-state index contributed by atoms with van der Waals surface area (Å²) in [5, 5.41) is 6.87. The second-order valence-electron chi connectivity index (χ2n) is 10.3. The van der Waals surface area contributed by atoms with Crippen LogP contribution in [0.5, 0.6) is 0 Å². The number of amides is 3. The Kier molecular flexibility index (Phi) is 10.3. The van der Waals surface area contributed by atoms with E-state index >= 15 is 0 Å². The lowest BCUT2D eigenvalue weighted by molar-refractivity contribution is -0.138. The normalized spacial score (nSPS) is 17.5. The maximum absolute atomic E-state index is 13.8. The molecule has 224 valence electrons. The summed E-state index contributed by atoms with van der Waals surface area (Å²) in [6, 6.07) is 7.71. The van der Waals surface area contributed by atoms with Crippen LogP contribution in [0.4, 0.5) is 23.7 Å². The van der Waals surface area contributed by atoms with Crippen LogP contribution in [0.2, 0.25) is 10.0 Å². The SMILES string of the molecule is COC[C@H](C)NCc1cc(C(F)(F)F)ccc1N1CCN(C(=O)C(Cc2ccc(Cl)cc2Cl)N2CCNC2=O)CC1. The first-order valence-corrected chi connectivity index (χ1v) is 14.2. The highest BCUT2D eigenvalue weighted by atomic mass is 35.5. The summed E-state index contributed by atoms with van der Waals surface area (Å²) in [6.45, 7) is 4.96. The molecule has 2 atom stereocenters. The van der Waals surface area contributed by atoms with Crippen LogP contribution in [-0.4, -0.2) is 86.8 Å². The molecule has 0 aromatic heterocycles. The minimum atomic E-state index is -4.46. The van der Waals surface area contributed by atoms with Crippen molar-refractivity contribution in [2.75, 3.05) is 57.9 Å². The van der Waals surface area contributed by atoms with Gasteiger partial charge in [0.15, 0.2) is 0 Å². The number of methoxy groups -OCH3 is 1. The molecule has 2 saturated heterocycles. The first-order chi connectivity index (χ1) is 19.5. The molecule has 1 unspecified atom stereocenters. The van der Waals surface area contributed by atoms with Gasteiger partial charge >= 0.3 is 12.2 Å². The largest absolute Gasteiger partial charge is 0.416 e. The Hall–Kier alpha value is -2.73. The van der Waals surface area contributed by atoms with Crippen molar-refractivity contribution in [2.45, 2.75) is 38.1 Å². The van der Waals surface area contributed by atoms with Gasteiger partial charge in [-0.05, 0) is 48.4 Å². The number of hydrogen-bond donors (Lipinski definition) is 2. The monoisotopic (exact) mass is 615 g/mol. The first kappa shape index (κ1) is 31.2. The highest BCUT2D eigenvalue weighted by molar-refractivity contribution is 6.35. The van der Waals surface area contributed by atoms with Crippen LogP contribution in [0.3, 0.4) is 0 Å². The Morgan fingerprint density at radius 1 is 1.07 bits per heavy atom. The zero-order valence-corrected chi connectivity index (χ0v) is 24.5. The standard InChI is InChI=1S/C28H34Cl2F3N5O3/c1-18(17-41-2)35-16-20-13-21(28(31,32)33)4-6-24(20)36-9-11-37(12-10-36)26(39)25(38-8-7-34-27(38)40)14-19-3-5-22(29)15-23(19)30/h3-6,13,15,18,25,35H,7-12,14,16-17H2,1-2H3,(H,34,40)/t18-,25?/m0/s1. The summed E-state index contributed by atoms with van der Waals surface area (Å²) in [4.78, 5) is 31.6. The number of nitrogens with one attached hydrogen (secondary N) is 2. The molecular weight excluding hydrogens is 582 g/mol. The highest BCUT2D eigenvalue weighted by Gasteiger charge is 2.37. The number of piperazine rings is 1. The molecule has 0 aliphatic carbocycles. The van der Waals surface area contributed by atoms with Crippen molar-refractivity contribution in [3.05, 3.63) is 63.1 Å². The number of hydrogen-bond acceptors (Lipinski definition) is 5. The zero-order chi connectivity index (χ0) is 29.7. The van der Waals surface area contributed by atoms with E-state index in [0.29, 0.717) is 72.7 Å². The van der Waals surface area contributed by atoms with Gasteiger partial charge in [0.1, 0.15) is 6.04 Å². The molecule has 2 aliphatic heterocycles. The third-order valence-electron chi connectivity index (χ3n) is 7.38. The zero-order valence-electron chi connectivity index (χ0n) is 22.9. The van der Waals surface area contributed by atoms with Crippen molar-refractivity contribution in [1.82, 2.24) is 20.4 Å². The number of alkyl halides is 3. The second kappa shape index (κ2) is 13.5. The third-order valence-corrected chi connectivity index (χ3v) is 7.96. The Labute approximate surface area is 247 Å². The Morgan fingerprint density at radius 2 is 1.80 bits per heavy atom. The summed E-state index contributed by atoms with van der Waals surface area (Å²) in [7, 11) is 1.57. The second-order valence-corrected chi connectivity index (χ2v) is 11.1. The number of rotatable bonds is 10. The van der Waals surface area contributed by atoms with Crippen molar-refractivity contribution in [3.8, 4) is 0 Å². The van der Waals surface area contributed by atoms with Gasteiger partial charge in [0.25, 0.3) is 0 Å². The fraction of sp³-hybridized carbons (Fsp3) is 0.500. The molecule has 2 aromatic rings. The van der Waals surface area contributed by atoms with Crippen molar-refractivity contribution in [3.63, 3.8) is 0 Å². The minimum absolute atomic E-state index is 0.0503. The van der Waals surface area contributed by atoms with Gasteiger partial charge in [0.05, 0.1) is 12.2 Å². The van der Waals surface area contributed by atoms with E-state index in [1.165, 1.54) is 17.0 Å². The third kappa shape index (κ3) is 7.77. The number of nitrogens with zero attached hydrogens (tertiary/aromatic N) is 3. The number of benzene rings is 2. The van der Waals surface area contributed by atoms with E-state index < -0.39 is 17.8 Å². The molecule has 4 rings (SSSR count). The smallest absolute Gasteiger partial charge is 0.383 e. The van der Waals surface area contributed by atoms with Crippen molar-refractivity contribution >= 4 is 40.8 Å². The van der Waals surface area contributed by atoms with Gasteiger partial charge in [0.2, 0.25) is 5.91 Å². The number of ether oxygens (including phenoxy) is 1. The maximum Gasteiger partial charge on any atom is 0.416 e. The molecule has 8 nitrogen and oxygen atoms in total. The summed E-state index contributed by atoms with van der Waals surface area (Å²) in [6.07, 6.45) is -4.22. The fourth-order valence-electron chi connectivity index (χ4n) is 5.19. The number of anilines is 1. The molecular formula is C28H34Cl2F3N5O3. The predicted molar refractivity (Wildman–Crippen MR) is 152 cm³/mol. The number of carbonyl (C=O) groups is 2. The van der Waals surface area contributed by atoms with Gasteiger partial charge in [-0.1, -0.05) is 29.3 Å². The van der Waals surface area contributed by atoms with Crippen LogP contribution < -0.4 is 15.5 Å². The molecule has 2 fully saturated rings. The molecule has 0 spiro atoms. The summed E-state index contributed by atoms with van der Waals surface area (Å²) in [5.41, 5.74) is 1.20. The summed E-state index contributed by atoms with van der Waals surface area (Å²) >= 11 is 12.4. The van der Waals surface area contributed by atoms with E-state index in [1.54, 1.807) is 30.2 Å². The van der Waals surface area contributed by atoms with Crippen LogP contribution in [0.25, 0.3) is 0 Å². The molecule has 0 saturated carbocycles. The number of carbonyl (C=O) groups excluding carboxylic acids is 2. The molecule has 2 heterocycles. The highest BCUT2D eigenvalue weighted by Crippen LogP contribution is 2.33. The van der Waals surface area contributed by atoms with Gasteiger partial charge in [-0.15, -0.1) is 0 Å². The molecule has 2 N–H and O–H groups in total. The molecule has 41 heavy (non-hydrogen) atoms. The Bertz CT molecular complexity index is 1240. The quantitative estimate of drug-likeness (QED) is 0.414. The van der Waals surface area contributed by atoms with Crippen molar-refractivity contribution in [2.24, 2.45) is 0 Å². The number of urea groups is 1. The number of halogens is 5. The average Bonchev–Trinajstić information content (AvgIpc) is 3.36. The topological polar surface area (TPSA) is 77.2 Å². The minimum Gasteiger partial charge on any atom is -0.383 e. The summed E-state index contributed by atoms with van der Waals surface area (Å²) in [5.74, 6) is -0.199. The van der Waals surface area contributed by atoms with Crippen molar-refractivity contribution < 1.29 is 27.5 Å². The van der Waals surface area contributed by atoms with Gasteiger partial charge in [-0.25, -0.2) is 4.79 Å². The van der Waals surface area contributed by atoms with Gasteiger partial charge in [0, 0.05) is 81.1 Å². The lowest BCUT2D eigenvalue weighted by Crippen LogP contribution is -2.56. The predicted octanol–water partition coefficient (Wildman–Crippen LogP) is 4.42. The van der Waals surface area contributed by atoms with Crippen LogP contribution in [0, 0.1) is 0 Å². The van der Waals surface area contributed by atoms with Gasteiger partial charge in [-0.3, -0.25) is 4.79 Å². The fourth-order valence-corrected chi connectivity index (χ4v) is 5.68. The molecule has 0 radical (unpaired) electrons. The molecule has 2 aromatic carbocycles. The van der Waals surface area contributed by atoms with Crippen molar-refractivity contribution in [1.29, 1.82) is 0 Å². The van der Waals surface area contributed by atoms with Crippen LogP contribution in [0.1, 0.15) is 23.6 Å². The Balaban J connectivity index is 1.49. The average molecular weight is 617 g/mol. The lowest BCUT2D eigenvalue weighted by atomic mass is 10.0. The van der Waals surface area contributed by atoms with E-state index in [9.17, 15) is 22.8 Å². The summed E-state index contributed by atoms with van der Waals surface area (Å²) < 4.78 is 45.6.